The number of hydrogen-bond donors (Lipinski definition) is 2. The van der Waals surface area contributed by atoms with Crippen molar-refractivity contribution in [3.63, 3.8) is 0 Å². The maximum Gasteiger partial charge on any atom is 0.337 e. The van der Waals surface area contributed by atoms with Crippen molar-refractivity contribution >= 4 is 29.3 Å². The molecule has 1 aromatic rings. The zero-order valence-electron chi connectivity index (χ0n) is 8.06. The maximum absolute atomic E-state index is 11.2. The Hall–Kier alpha value is -1.56. The third-order valence-corrected chi connectivity index (χ3v) is 2.15. The molecule has 0 atom stereocenters. The molecular weight excluding hydrogens is 216 g/mol. The fraction of sp³-hybridized carbons (Fsp3) is 0.222. The molecule has 80 valence electrons. The Morgan fingerprint density at radius 3 is 2.93 bits per heavy atom. The predicted octanol–water partition coefficient (Wildman–Crippen LogP) is 1.08. The summed E-state index contributed by atoms with van der Waals surface area (Å²) >= 11 is 1.36. The molecule has 15 heavy (non-hydrogen) atoms. The molecule has 2 N–H and O–H groups in total. The zero-order chi connectivity index (χ0) is 11.3. The van der Waals surface area contributed by atoms with Gasteiger partial charge < -0.3 is 10.4 Å². The van der Waals surface area contributed by atoms with Crippen molar-refractivity contribution in [1.82, 2.24) is 4.98 Å². The van der Waals surface area contributed by atoms with E-state index in [0.29, 0.717) is 0 Å². The lowest BCUT2D eigenvalue weighted by molar-refractivity contribution is -0.113. The van der Waals surface area contributed by atoms with E-state index in [1.807, 2.05) is 0 Å². The molecule has 1 aromatic heterocycles. The van der Waals surface area contributed by atoms with E-state index >= 15 is 0 Å². The molecule has 0 aromatic carbocycles. The zero-order valence-corrected chi connectivity index (χ0v) is 8.87. The molecule has 0 aliphatic rings. The predicted molar refractivity (Wildman–Crippen MR) is 58.2 cm³/mol. The summed E-state index contributed by atoms with van der Waals surface area (Å²) in [6, 6.07) is 1.34. The highest BCUT2D eigenvalue weighted by Gasteiger charge is 2.11. The van der Waals surface area contributed by atoms with Crippen molar-refractivity contribution in [3.05, 3.63) is 24.0 Å². The standard InChI is InChI=1S/C9H10N2O3S/c1-15-5-8(12)11-7-4-10-3-2-6(7)9(13)14/h2-4H,5H2,1H3,(H,11,12)(H,13,14). The van der Waals surface area contributed by atoms with Gasteiger partial charge in [0.15, 0.2) is 0 Å². The summed E-state index contributed by atoms with van der Waals surface area (Å²) < 4.78 is 0. The number of carbonyl (C=O) groups is 2. The smallest absolute Gasteiger partial charge is 0.337 e. The second kappa shape index (κ2) is 5.35. The van der Waals surface area contributed by atoms with Crippen LogP contribution < -0.4 is 5.32 Å². The number of aromatic nitrogens is 1. The topological polar surface area (TPSA) is 79.3 Å². The van der Waals surface area contributed by atoms with Gasteiger partial charge in [-0.05, 0) is 12.3 Å². The highest BCUT2D eigenvalue weighted by Crippen LogP contribution is 2.13. The number of anilines is 1. The Balaban J connectivity index is 2.84. The van der Waals surface area contributed by atoms with Crippen LogP contribution in [0, 0.1) is 0 Å². The van der Waals surface area contributed by atoms with Crippen LogP contribution in [0.2, 0.25) is 0 Å². The Morgan fingerprint density at radius 2 is 2.33 bits per heavy atom. The van der Waals surface area contributed by atoms with Crippen LogP contribution in [-0.4, -0.2) is 34.0 Å². The molecular formula is C9H10N2O3S. The summed E-state index contributed by atoms with van der Waals surface area (Å²) in [5.74, 6) is -1.04. The average molecular weight is 226 g/mol. The van der Waals surface area contributed by atoms with Gasteiger partial charge in [-0.2, -0.15) is 11.8 Å². The third-order valence-electron chi connectivity index (χ3n) is 1.60. The van der Waals surface area contributed by atoms with Crippen LogP contribution in [0.5, 0.6) is 0 Å². The van der Waals surface area contributed by atoms with Crippen molar-refractivity contribution < 1.29 is 14.7 Å². The third kappa shape index (κ3) is 3.25. The molecule has 0 aliphatic heterocycles. The molecule has 0 spiro atoms. The van der Waals surface area contributed by atoms with E-state index < -0.39 is 5.97 Å². The number of carbonyl (C=O) groups excluding carboxylic acids is 1. The molecule has 0 saturated carbocycles. The lowest BCUT2D eigenvalue weighted by atomic mass is 10.2. The molecule has 0 unspecified atom stereocenters. The molecule has 5 nitrogen and oxygen atoms in total. The van der Waals surface area contributed by atoms with Crippen LogP contribution in [0.1, 0.15) is 10.4 Å². The van der Waals surface area contributed by atoms with Crippen LogP contribution in [0.4, 0.5) is 5.69 Å². The molecule has 0 radical (unpaired) electrons. The number of rotatable bonds is 4. The van der Waals surface area contributed by atoms with Crippen LogP contribution in [0.3, 0.4) is 0 Å². The van der Waals surface area contributed by atoms with Gasteiger partial charge in [0.05, 0.1) is 23.2 Å². The van der Waals surface area contributed by atoms with Crippen molar-refractivity contribution in [2.75, 3.05) is 17.3 Å². The van der Waals surface area contributed by atoms with Gasteiger partial charge in [-0.1, -0.05) is 0 Å². The molecule has 0 bridgehead atoms. The first-order valence-electron chi connectivity index (χ1n) is 4.11. The van der Waals surface area contributed by atoms with Gasteiger partial charge in [-0.15, -0.1) is 0 Å². The van der Waals surface area contributed by atoms with Crippen LogP contribution in [-0.2, 0) is 4.79 Å². The van der Waals surface area contributed by atoms with Gasteiger partial charge in [0.25, 0.3) is 0 Å². The summed E-state index contributed by atoms with van der Waals surface area (Å²) in [6.45, 7) is 0. The number of nitrogens with one attached hydrogen (secondary N) is 1. The lowest BCUT2D eigenvalue weighted by Gasteiger charge is -2.06. The largest absolute Gasteiger partial charge is 0.478 e. The van der Waals surface area contributed by atoms with E-state index in [9.17, 15) is 9.59 Å². The molecule has 6 heteroatoms. The van der Waals surface area contributed by atoms with Crippen molar-refractivity contribution in [2.45, 2.75) is 0 Å². The number of carboxylic acids is 1. The van der Waals surface area contributed by atoms with E-state index in [1.54, 1.807) is 6.26 Å². The Morgan fingerprint density at radius 1 is 1.60 bits per heavy atom. The van der Waals surface area contributed by atoms with E-state index in [0.717, 1.165) is 0 Å². The summed E-state index contributed by atoms with van der Waals surface area (Å²) in [4.78, 5) is 25.8. The second-order valence-corrected chi connectivity index (χ2v) is 3.57. The lowest BCUT2D eigenvalue weighted by Crippen LogP contribution is -2.16. The van der Waals surface area contributed by atoms with Crippen molar-refractivity contribution in [1.29, 1.82) is 0 Å². The quantitative estimate of drug-likeness (QED) is 0.803. The summed E-state index contributed by atoms with van der Waals surface area (Å²) in [7, 11) is 0. The first-order chi connectivity index (χ1) is 7.15. The molecule has 0 aliphatic carbocycles. The van der Waals surface area contributed by atoms with E-state index in [2.05, 4.69) is 10.3 Å². The number of nitrogens with zero attached hydrogens (tertiary/aromatic N) is 1. The first-order valence-corrected chi connectivity index (χ1v) is 5.50. The van der Waals surface area contributed by atoms with Gasteiger partial charge in [0.2, 0.25) is 5.91 Å². The van der Waals surface area contributed by atoms with E-state index in [-0.39, 0.29) is 22.9 Å². The first kappa shape index (κ1) is 11.5. The fourth-order valence-electron chi connectivity index (χ4n) is 0.998. The number of hydrogen-bond acceptors (Lipinski definition) is 4. The minimum absolute atomic E-state index is 0.0412. The second-order valence-electron chi connectivity index (χ2n) is 2.71. The van der Waals surface area contributed by atoms with Gasteiger partial charge in [0.1, 0.15) is 0 Å². The molecule has 0 saturated heterocycles. The average Bonchev–Trinajstić information content (AvgIpc) is 2.18. The Labute approximate surface area is 90.9 Å². The van der Waals surface area contributed by atoms with Gasteiger partial charge >= 0.3 is 5.97 Å². The molecule has 1 heterocycles. The maximum atomic E-state index is 11.2. The van der Waals surface area contributed by atoms with Gasteiger partial charge in [0, 0.05) is 6.20 Å². The number of aromatic carboxylic acids is 1. The number of amides is 1. The monoisotopic (exact) mass is 226 g/mol. The molecule has 1 rings (SSSR count). The van der Waals surface area contributed by atoms with Crippen molar-refractivity contribution in [3.8, 4) is 0 Å². The van der Waals surface area contributed by atoms with E-state index in [1.165, 1.54) is 30.2 Å². The molecule has 1 amide bonds. The fourth-order valence-corrected chi connectivity index (χ4v) is 1.33. The van der Waals surface area contributed by atoms with Crippen LogP contribution >= 0.6 is 11.8 Å². The highest BCUT2D eigenvalue weighted by atomic mass is 32.2. The number of thioether (sulfide) groups is 1. The van der Waals surface area contributed by atoms with Gasteiger partial charge in [-0.3, -0.25) is 9.78 Å². The van der Waals surface area contributed by atoms with Crippen LogP contribution in [0.15, 0.2) is 18.5 Å². The molecule has 0 fully saturated rings. The van der Waals surface area contributed by atoms with Crippen LogP contribution in [0.25, 0.3) is 0 Å². The Kier molecular flexibility index (Phi) is 4.11. The highest BCUT2D eigenvalue weighted by molar-refractivity contribution is 7.99. The minimum Gasteiger partial charge on any atom is -0.478 e. The normalized spacial score (nSPS) is 9.67. The van der Waals surface area contributed by atoms with Gasteiger partial charge in [-0.25, -0.2) is 4.79 Å². The van der Waals surface area contributed by atoms with E-state index in [4.69, 9.17) is 5.11 Å². The summed E-state index contributed by atoms with van der Waals surface area (Å²) in [6.07, 6.45) is 4.48. The minimum atomic E-state index is -1.09. The SMILES string of the molecule is CSCC(=O)Nc1cnccc1C(=O)O. The number of carboxylic acid groups (broad SMARTS) is 1. The summed E-state index contributed by atoms with van der Waals surface area (Å²) in [5, 5.41) is 11.3. The Bertz CT molecular complexity index is 381. The van der Waals surface area contributed by atoms with Crippen molar-refractivity contribution in [2.24, 2.45) is 0 Å². The number of pyridine rings is 1. The summed E-state index contributed by atoms with van der Waals surface area (Å²) in [5.41, 5.74) is 0.267.